The summed E-state index contributed by atoms with van der Waals surface area (Å²) >= 11 is 1.07. The Labute approximate surface area is 154 Å². The van der Waals surface area contributed by atoms with E-state index < -0.39 is 15.9 Å². The van der Waals surface area contributed by atoms with E-state index >= 15 is 0 Å². The second kappa shape index (κ2) is 6.10. The third-order valence-electron chi connectivity index (χ3n) is 4.65. The lowest BCUT2D eigenvalue weighted by Gasteiger charge is -2.22. The molecule has 1 aromatic carbocycles. The van der Waals surface area contributed by atoms with Gasteiger partial charge in [-0.15, -0.1) is 11.3 Å². The molecule has 136 valence electrons. The standard InChI is InChI=1S/C17H18N4O3S2/c1-9-15(8-14(25-9)16(18)22)26(23,24)21-11-5-6-12-13(7-11)20-17(19-12)10-3-2-4-10/h5-8,10,21H,2-4H2,1H3,(H2,18,22)(H,19,20). The minimum Gasteiger partial charge on any atom is -0.365 e. The summed E-state index contributed by atoms with van der Waals surface area (Å²) in [5, 5.41) is 0. The van der Waals surface area contributed by atoms with E-state index in [0.717, 1.165) is 41.0 Å². The molecule has 0 unspecified atom stereocenters. The first-order valence-corrected chi connectivity index (χ1v) is 10.6. The van der Waals surface area contributed by atoms with Gasteiger partial charge >= 0.3 is 0 Å². The summed E-state index contributed by atoms with van der Waals surface area (Å²) in [5.41, 5.74) is 7.29. The van der Waals surface area contributed by atoms with Gasteiger partial charge in [0.1, 0.15) is 10.7 Å². The molecule has 0 aliphatic heterocycles. The van der Waals surface area contributed by atoms with Crippen molar-refractivity contribution >= 4 is 44.0 Å². The Morgan fingerprint density at radius 1 is 1.35 bits per heavy atom. The van der Waals surface area contributed by atoms with Crippen LogP contribution in [0.2, 0.25) is 0 Å². The third-order valence-corrected chi connectivity index (χ3v) is 7.35. The number of rotatable bonds is 5. The summed E-state index contributed by atoms with van der Waals surface area (Å²) < 4.78 is 27.9. The predicted octanol–water partition coefficient (Wildman–Crippen LogP) is 3.10. The van der Waals surface area contributed by atoms with E-state index in [-0.39, 0.29) is 9.77 Å². The van der Waals surface area contributed by atoms with Gasteiger partial charge in [0.25, 0.3) is 15.9 Å². The van der Waals surface area contributed by atoms with E-state index in [1.807, 2.05) is 0 Å². The number of anilines is 1. The van der Waals surface area contributed by atoms with Crippen LogP contribution in [0.5, 0.6) is 0 Å². The number of thiophene rings is 1. The molecule has 0 saturated heterocycles. The van der Waals surface area contributed by atoms with Crippen LogP contribution in [-0.2, 0) is 10.0 Å². The van der Waals surface area contributed by atoms with Crippen LogP contribution in [0.25, 0.3) is 11.0 Å². The third kappa shape index (κ3) is 2.97. The lowest BCUT2D eigenvalue weighted by molar-refractivity contribution is 0.100. The zero-order valence-electron chi connectivity index (χ0n) is 14.1. The number of benzene rings is 1. The molecular weight excluding hydrogens is 372 g/mol. The van der Waals surface area contributed by atoms with E-state index in [1.165, 1.54) is 12.5 Å². The Morgan fingerprint density at radius 3 is 2.73 bits per heavy atom. The van der Waals surface area contributed by atoms with Gasteiger partial charge in [-0.3, -0.25) is 9.52 Å². The van der Waals surface area contributed by atoms with Crippen LogP contribution in [0.15, 0.2) is 29.2 Å². The van der Waals surface area contributed by atoms with Gasteiger partial charge in [0.05, 0.1) is 21.6 Å². The van der Waals surface area contributed by atoms with Crippen molar-refractivity contribution in [1.29, 1.82) is 0 Å². The highest BCUT2D eigenvalue weighted by Crippen LogP contribution is 2.36. The second-order valence-corrected chi connectivity index (χ2v) is 9.39. The summed E-state index contributed by atoms with van der Waals surface area (Å²) in [4.78, 5) is 20.0. The van der Waals surface area contributed by atoms with Gasteiger partial charge in [-0.1, -0.05) is 6.42 Å². The molecule has 3 aromatic rings. The number of fused-ring (bicyclic) bond motifs is 1. The minimum absolute atomic E-state index is 0.0659. The topological polar surface area (TPSA) is 118 Å². The normalized spacial score (nSPS) is 15.1. The fraction of sp³-hybridized carbons (Fsp3) is 0.294. The number of aromatic nitrogens is 2. The molecule has 1 aliphatic carbocycles. The maximum Gasteiger partial charge on any atom is 0.263 e. The summed E-state index contributed by atoms with van der Waals surface area (Å²) in [6, 6.07) is 6.52. The number of amides is 1. The lowest BCUT2D eigenvalue weighted by Crippen LogP contribution is -2.13. The number of hydrogen-bond donors (Lipinski definition) is 3. The van der Waals surface area contributed by atoms with Crippen molar-refractivity contribution in [2.24, 2.45) is 5.73 Å². The number of carbonyl (C=O) groups excluding carboxylic acids is 1. The van der Waals surface area contributed by atoms with Gasteiger partial charge < -0.3 is 10.7 Å². The molecule has 4 N–H and O–H groups in total. The Hall–Kier alpha value is -2.39. The number of primary amides is 1. The SMILES string of the molecule is Cc1sc(C(N)=O)cc1S(=O)(=O)Nc1ccc2nc(C3CCC3)[nH]c2c1. The van der Waals surface area contributed by atoms with Gasteiger partial charge in [0.2, 0.25) is 0 Å². The largest absolute Gasteiger partial charge is 0.365 e. The number of nitrogens with zero attached hydrogens (tertiary/aromatic N) is 1. The first-order valence-electron chi connectivity index (χ1n) is 8.26. The smallest absolute Gasteiger partial charge is 0.263 e. The number of sulfonamides is 1. The molecule has 26 heavy (non-hydrogen) atoms. The number of nitrogens with one attached hydrogen (secondary N) is 2. The lowest BCUT2D eigenvalue weighted by atomic mass is 9.85. The van der Waals surface area contributed by atoms with Gasteiger partial charge in [-0.05, 0) is 44.0 Å². The molecule has 0 radical (unpaired) electrons. The van der Waals surface area contributed by atoms with E-state index in [0.29, 0.717) is 16.5 Å². The molecule has 0 spiro atoms. The highest BCUT2D eigenvalue weighted by molar-refractivity contribution is 7.93. The highest BCUT2D eigenvalue weighted by atomic mass is 32.2. The maximum atomic E-state index is 12.7. The van der Waals surface area contributed by atoms with E-state index in [1.54, 1.807) is 25.1 Å². The van der Waals surface area contributed by atoms with Crippen molar-refractivity contribution in [3.05, 3.63) is 39.8 Å². The van der Waals surface area contributed by atoms with Gasteiger partial charge in [0, 0.05) is 10.8 Å². The highest BCUT2D eigenvalue weighted by Gasteiger charge is 2.24. The Kier molecular flexibility index (Phi) is 4.00. The first-order chi connectivity index (χ1) is 12.3. The van der Waals surface area contributed by atoms with Gasteiger partial charge in [-0.2, -0.15) is 0 Å². The van der Waals surface area contributed by atoms with E-state index in [9.17, 15) is 13.2 Å². The molecule has 0 atom stereocenters. The van der Waals surface area contributed by atoms with Crippen molar-refractivity contribution in [2.75, 3.05) is 4.72 Å². The minimum atomic E-state index is -3.81. The molecular formula is C17H18N4O3S2. The molecule has 1 aliphatic rings. The average molecular weight is 390 g/mol. The molecule has 4 rings (SSSR count). The number of H-pyrrole nitrogens is 1. The summed E-state index contributed by atoms with van der Waals surface area (Å²) in [6.45, 7) is 1.65. The first kappa shape index (κ1) is 17.0. The molecule has 2 heterocycles. The van der Waals surface area contributed by atoms with Crippen molar-refractivity contribution in [2.45, 2.75) is 37.0 Å². The second-order valence-electron chi connectivity index (χ2n) is 6.48. The predicted molar refractivity (Wildman–Crippen MR) is 101 cm³/mol. The molecule has 1 fully saturated rings. The molecule has 9 heteroatoms. The zero-order valence-corrected chi connectivity index (χ0v) is 15.7. The Balaban J connectivity index is 1.64. The van der Waals surface area contributed by atoms with Crippen LogP contribution in [0, 0.1) is 6.92 Å². The Morgan fingerprint density at radius 2 is 2.12 bits per heavy atom. The Bertz CT molecular complexity index is 1110. The monoisotopic (exact) mass is 390 g/mol. The molecule has 7 nitrogen and oxygen atoms in total. The van der Waals surface area contributed by atoms with Gasteiger partial charge in [0.15, 0.2) is 0 Å². The van der Waals surface area contributed by atoms with Crippen LogP contribution in [-0.4, -0.2) is 24.3 Å². The number of hydrogen-bond acceptors (Lipinski definition) is 5. The molecule has 0 bridgehead atoms. The summed E-state index contributed by atoms with van der Waals surface area (Å²) in [6.07, 6.45) is 3.50. The number of nitrogens with two attached hydrogens (primary N) is 1. The summed E-state index contributed by atoms with van der Waals surface area (Å²) in [5.74, 6) is 0.802. The average Bonchev–Trinajstić information content (AvgIpc) is 3.08. The van der Waals surface area contributed by atoms with E-state index in [4.69, 9.17) is 5.73 Å². The number of aromatic amines is 1. The van der Waals surface area contributed by atoms with Crippen molar-refractivity contribution in [3.8, 4) is 0 Å². The zero-order chi connectivity index (χ0) is 18.5. The van der Waals surface area contributed by atoms with Crippen LogP contribution >= 0.6 is 11.3 Å². The quantitative estimate of drug-likeness (QED) is 0.620. The van der Waals surface area contributed by atoms with E-state index in [2.05, 4.69) is 14.7 Å². The van der Waals surface area contributed by atoms with Gasteiger partial charge in [-0.25, -0.2) is 13.4 Å². The number of aryl methyl sites for hydroxylation is 1. The van der Waals surface area contributed by atoms with Crippen LogP contribution in [0.3, 0.4) is 0 Å². The number of imidazole rings is 1. The molecule has 1 amide bonds. The van der Waals surface area contributed by atoms with Crippen LogP contribution in [0.1, 0.15) is 45.6 Å². The molecule has 2 aromatic heterocycles. The molecule has 1 saturated carbocycles. The number of carbonyl (C=O) groups is 1. The fourth-order valence-corrected chi connectivity index (χ4v) is 5.53. The van der Waals surface area contributed by atoms with Crippen molar-refractivity contribution in [1.82, 2.24) is 9.97 Å². The van der Waals surface area contributed by atoms with Crippen molar-refractivity contribution < 1.29 is 13.2 Å². The van der Waals surface area contributed by atoms with Crippen LogP contribution < -0.4 is 10.5 Å². The fourth-order valence-electron chi connectivity index (χ4n) is 3.03. The summed E-state index contributed by atoms with van der Waals surface area (Å²) in [7, 11) is -3.81. The maximum absolute atomic E-state index is 12.7. The van der Waals surface area contributed by atoms with Crippen LogP contribution in [0.4, 0.5) is 5.69 Å². The van der Waals surface area contributed by atoms with Crippen molar-refractivity contribution in [3.63, 3.8) is 0 Å².